The molecule has 1 aliphatic carbocycles. The zero-order chi connectivity index (χ0) is 28.2. The number of ether oxygens (including phenoxy) is 1. The number of rotatable bonds is 9. The molecule has 2 aromatic rings. The number of hydrogen-bond donors (Lipinski definition) is 5. The lowest BCUT2D eigenvalue weighted by Crippen LogP contribution is -2.49. The maximum Gasteiger partial charge on any atom is 0.404 e. The lowest BCUT2D eigenvalue weighted by atomic mass is 9.73. The van der Waals surface area contributed by atoms with Gasteiger partial charge in [-0.25, -0.2) is 4.79 Å². The van der Waals surface area contributed by atoms with Gasteiger partial charge in [0, 0.05) is 43.1 Å². The summed E-state index contributed by atoms with van der Waals surface area (Å²) in [7, 11) is 0. The molecule has 0 aromatic heterocycles. The highest BCUT2D eigenvalue weighted by Crippen LogP contribution is 2.45. The van der Waals surface area contributed by atoms with Gasteiger partial charge in [-0.05, 0) is 69.6 Å². The van der Waals surface area contributed by atoms with Crippen LogP contribution in [0.4, 0.5) is 4.79 Å². The molecule has 1 saturated heterocycles. The number of nitrogens with two attached hydrogens (primary N) is 1. The van der Waals surface area contributed by atoms with E-state index >= 15 is 0 Å². The number of para-hydroxylation sites is 2. The molecule has 1 heterocycles. The Bertz CT molecular complexity index is 1140. The Morgan fingerprint density at radius 1 is 1.13 bits per heavy atom. The fourth-order valence-corrected chi connectivity index (χ4v) is 6.17. The first-order chi connectivity index (χ1) is 18.6. The Morgan fingerprint density at radius 3 is 2.51 bits per heavy atom. The van der Waals surface area contributed by atoms with Gasteiger partial charge in [0.05, 0.1) is 11.7 Å². The summed E-state index contributed by atoms with van der Waals surface area (Å²) in [6, 6.07) is 13.0. The third kappa shape index (κ3) is 6.54. The molecule has 9 nitrogen and oxygen atoms in total. The highest BCUT2D eigenvalue weighted by Gasteiger charge is 2.44. The van der Waals surface area contributed by atoms with Gasteiger partial charge < -0.3 is 36.0 Å². The zero-order valence-electron chi connectivity index (χ0n) is 22.8. The summed E-state index contributed by atoms with van der Waals surface area (Å²) in [6.07, 6.45) is 1.17. The van der Waals surface area contributed by atoms with Crippen LogP contribution in [0.15, 0.2) is 42.5 Å². The van der Waals surface area contributed by atoms with Crippen molar-refractivity contribution in [1.29, 1.82) is 0 Å². The van der Waals surface area contributed by atoms with E-state index in [-0.39, 0.29) is 24.3 Å². The van der Waals surface area contributed by atoms with Crippen molar-refractivity contribution in [2.75, 3.05) is 19.6 Å². The molecular weight excluding hydrogens is 498 g/mol. The van der Waals surface area contributed by atoms with E-state index in [1.54, 1.807) is 4.90 Å². The topological polar surface area (TPSA) is 145 Å². The minimum absolute atomic E-state index is 0.0262. The predicted molar refractivity (Wildman–Crippen MR) is 148 cm³/mol. The van der Waals surface area contributed by atoms with Gasteiger partial charge >= 0.3 is 6.09 Å². The average molecular weight is 540 g/mol. The van der Waals surface area contributed by atoms with E-state index in [0.717, 1.165) is 23.3 Å². The van der Waals surface area contributed by atoms with Crippen molar-refractivity contribution in [3.05, 3.63) is 59.2 Å². The monoisotopic (exact) mass is 539 g/mol. The van der Waals surface area contributed by atoms with Crippen molar-refractivity contribution in [2.24, 2.45) is 17.6 Å². The summed E-state index contributed by atoms with van der Waals surface area (Å²) in [5.74, 6) is 0.638. The third-order valence-corrected chi connectivity index (χ3v) is 8.32. The van der Waals surface area contributed by atoms with Gasteiger partial charge in [0.1, 0.15) is 11.5 Å². The van der Waals surface area contributed by atoms with Crippen LogP contribution in [-0.2, 0) is 10.4 Å². The number of aliphatic hydroxyl groups excluding tert-OH is 1. The van der Waals surface area contributed by atoms with E-state index in [2.05, 4.69) is 5.32 Å². The van der Waals surface area contributed by atoms with Crippen LogP contribution in [0.1, 0.15) is 55.2 Å². The Morgan fingerprint density at radius 2 is 1.85 bits per heavy atom. The largest absolute Gasteiger partial charge is 0.465 e. The minimum atomic E-state index is -1.36. The number of nitrogens with one attached hydrogen (secondary N) is 1. The number of hydrogen-bond acceptors (Lipinski definition) is 6. The van der Waals surface area contributed by atoms with Crippen molar-refractivity contribution in [2.45, 2.75) is 70.1 Å². The quantitative estimate of drug-likeness (QED) is 0.306. The third-order valence-electron chi connectivity index (χ3n) is 8.32. The highest BCUT2D eigenvalue weighted by atomic mass is 16.5. The second-order valence-corrected chi connectivity index (χ2v) is 11.1. The summed E-state index contributed by atoms with van der Waals surface area (Å²) in [4.78, 5) is 26.2. The predicted octanol–water partition coefficient (Wildman–Crippen LogP) is 3.67. The molecule has 5 atom stereocenters. The number of piperidine rings is 1. The maximum absolute atomic E-state index is 13.4. The van der Waals surface area contributed by atoms with Gasteiger partial charge in [0.2, 0.25) is 5.91 Å². The Kier molecular flexibility index (Phi) is 9.15. The molecule has 2 amide bonds. The molecule has 4 rings (SSSR count). The first-order valence-corrected chi connectivity index (χ1v) is 13.8. The number of benzene rings is 2. The lowest BCUT2D eigenvalue weighted by molar-refractivity contribution is -0.141. The molecule has 212 valence electrons. The average Bonchev–Trinajstić information content (AvgIpc) is 3.26. The fourth-order valence-electron chi connectivity index (χ4n) is 6.17. The first kappa shape index (κ1) is 28.9. The molecule has 0 unspecified atom stereocenters. The summed E-state index contributed by atoms with van der Waals surface area (Å²) in [5.41, 5.74) is 7.19. The van der Waals surface area contributed by atoms with E-state index < -0.39 is 23.8 Å². The molecule has 2 aliphatic rings. The Labute approximate surface area is 230 Å². The van der Waals surface area contributed by atoms with Gasteiger partial charge in [0.25, 0.3) is 0 Å². The number of carboxylic acid groups (broad SMARTS) is 1. The molecule has 0 radical (unpaired) electrons. The van der Waals surface area contributed by atoms with Crippen molar-refractivity contribution >= 4 is 12.0 Å². The second-order valence-electron chi connectivity index (χ2n) is 11.1. The highest BCUT2D eigenvalue weighted by molar-refractivity contribution is 5.79. The second kappa shape index (κ2) is 12.4. The van der Waals surface area contributed by atoms with E-state index in [0.29, 0.717) is 56.5 Å². The lowest BCUT2D eigenvalue weighted by Gasteiger charge is -2.44. The number of carbonyl (C=O) groups excluding carboxylic acids is 1. The molecule has 1 saturated carbocycles. The molecule has 0 bridgehead atoms. The SMILES string of the molecule is Cc1cccc(C)c1Oc1ccccc1[C@](O)(CCCNC(=O)O)[C@@H]1CCCN(C(=O)[C@H]2C[C@@H](N)[C@@H](O)C2)C1. The molecule has 6 N–H and O–H groups in total. The Hall–Kier alpha value is -3.14. The fraction of sp³-hybridized carbons (Fsp3) is 0.533. The van der Waals surface area contributed by atoms with Crippen LogP contribution in [0.3, 0.4) is 0 Å². The van der Waals surface area contributed by atoms with Gasteiger partial charge in [0.15, 0.2) is 0 Å². The zero-order valence-corrected chi connectivity index (χ0v) is 22.8. The Balaban J connectivity index is 1.63. The normalized spacial score (nSPS) is 24.7. The molecule has 1 aliphatic heterocycles. The van der Waals surface area contributed by atoms with E-state index in [9.17, 15) is 19.8 Å². The molecule has 9 heteroatoms. The molecular formula is C30H41N3O6. The number of amides is 2. The van der Waals surface area contributed by atoms with Crippen molar-refractivity contribution in [3.8, 4) is 11.5 Å². The van der Waals surface area contributed by atoms with E-state index in [4.69, 9.17) is 15.6 Å². The van der Waals surface area contributed by atoms with Crippen LogP contribution in [-0.4, -0.2) is 64.0 Å². The number of carbonyl (C=O) groups is 2. The van der Waals surface area contributed by atoms with E-state index in [1.165, 1.54) is 0 Å². The molecule has 39 heavy (non-hydrogen) atoms. The van der Waals surface area contributed by atoms with Gasteiger partial charge in [-0.3, -0.25) is 4.79 Å². The number of aryl methyl sites for hydroxylation is 2. The molecule has 0 spiro atoms. The van der Waals surface area contributed by atoms with Crippen LogP contribution in [0.2, 0.25) is 0 Å². The summed E-state index contributed by atoms with van der Waals surface area (Å²) in [6.45, 7) is 5.11. The summed E-state index contributed by atoms with van der Waals surface area (Å²) >= 11 is 0. The van der Waals surface area contributed by atoms with Crippen molar-refractivity contribution in [1.82, 2.24) is 10.2 Å². The van der Waals surface area contributed by atoms with Crippen LogP contribution >= 0.6 is 0 Å². The minimum Gasteiger partial charge on any atom is -0.465 e. The van der Waals surface area contributed by atoms with Gasteiger partial charge in [-0.15, -0.1) is 0 Å². The van der Waals surface area contributed by atoms with Crippen molar-refractivity contribution in [3.63, 3.8) is 0 Å². The van der Waals surface area contributed by atoms with Crippen LogP contribution in [0, 0.1) is 25.7 Å². The van der Waals surface area contributed by atoms with Crippen LogP contribution in [0.5, 0.6) is 11.5 Å². The summed E-state index contributed by atoms with van der Waals surface area (Å²) < 4.78 is 6.44. The van der Waals surface area contributed by atoms with Crippen molar-refractivity contribution < 1.29 is 29.6 Å². The first-order valence-electron chi connectivity index (χ1n) is 13.8. The van der Waals surface area contributed by atoms with Crippen LogP contribution < -0.4 is 15.8 Å². The van der Waals surface area contributed by atoms with E-state index in [1.807, 2.05) is 56.3 Å². The van der Waals surface area contributed by atoms with Gasteiger partial charge in [-0.1, -0.05) is 36.4 Å². The van der Waals surface area contributed by atoms with Crippen LogP contribution in [0.25, 0.3) is 0 Å². The van der Waals surface area contributed by atoms with Gasteiger partial charge in [-0.2, -0.15) is 0 Å². The molecule has 2 fully saturated rings. The number of likely N-dealkylation sites (tertiary alicyclic amines) is 1. The maximum atomic E-state index is 13.4. The number of nitrogens with zero attached hydrogens (tertiary/aromatic N) is 1. The smallest absolute Gasteiger partial charge is 0.404 e. The number of aliphatic hydroxyl groups is 2. The molecule has 2 aromatic carbocycles. The standard InChI is InChI=1S/C30H41N3O6/c1-19-8-5-9-20(2)27(19)39-26-12-4-3-11-23(26)30(38,13-7-14-32-29(36)37)22-10-6-15-33(18-22)28(35)21-16-24(31)25(34)17-21/h3-5,8-9,11-12,21-22,24-25,32,34,38H,6-7,10,13-18,31H2,1-2H3,(H,36,37)/t21-,22+,24+,25-,30-/m0/s1. The summed E-state index contributed by atoms with van der Waals surface area (Å²) in [5, 5.41) is 34.0.